The summed E-state index contributed by atoms with van der Waals surface area (Å²) in [4.78, 5) is 12.3. The molecule has 0 saturated carbocycles. The van der Waals surface area contributed by atoms with Gasteiger partial charge in [0.05, 0.1) is 30.8 Å². The van der Waals surface area contributed by atoms with Gasteiger partial charge in [0.15, 0.2) is 0 Å². The molecule has 0 aliphatic carbocycles. The normalized spacial score (nSPS) is 11.0. The van der Waals surface area contributed by atoms with Crippen molar-refractivity contribution in [2.45, 2.75) is 26.7 Å². The maximum Gasteiger partial charge on any atom is 0.232 e. The van der Waals surface area contributed by atoms with Crippen LogP contribution in [0.2, 0.25) is 0 Å². The van der Waals surface area contributed by atoms with Gasteiger partial charge in [-0.15, -0.1) is 0 Å². The quantitative estimate of drug-likeness (QED) is 0.600. The van der Waals surface area contributed by atoms with Gasteiger partial charge in [-0.25, -0.2) is 8.42 Å². The summed E-state index contributed by atoms with van der Waals surface area (Å²) in [7, 11) is -3.47. The summed E-state index contributed by atoms with van der Waals surface area (Å²) in [5.41, 5.74) is 1.14. The first kappa shape index (κ1) is 22.5. The molecule has 29 heavy (non-hydrogen) atoms. The average molecular weight is 421 g/mol. The van der Waals surface area contributed by atoms with Crippen LogP contribution in [0.5, 0.6) is 11.5 Å². The van der Waals surface area contributed by atoms with Crippen molar-refractivity contribution < 1.29 is 22.7 Å². The van der Waals surface area contributed by atoms with E-state index in [-0.39, 0.29) is 18.9 Å². The van der Waals surface area contributed by atoms with Gasteiger partial charge < -0.3 is 14.8 Å². The third kappa shape index (κ3) is 6.98. The lowest BCUT2D eigenvalue weighted by Crippen LogP contribution is -2.31. The number of sulfonamides is 1. The maximum atomic E-state index is 12.3. The first-order valence-electron chi connectivity index (χ1n) is 9.57. The maximum absolute atomic E-state index is 12.3. The molecule has 0 heterocycles. The van der Waals surface area contributed by atoms with Crippen molar-refractivity contribution in [1.82, 2.24) is 0 Å². The van der Waals surface area contributed by atoms with Crippen LogP contribution >= 0.6 is 0 Å². The van der Waals surface area contributed by atoms with E-state index in [2.05, 4.69) is 5.32 Å². The van der Waals surface area contributed by atoms with E-state index in [1.54, 1.807) is 36.4 Å². The fourth-order valence-corrected chi connectivity index (χ4v) is 3.77. The molecule has 0 aromatic heterocycles. The summed E-state index contributed by atoms with van der Waals surface area (Å²) in [6, 6.07) is 14.1. The van der Waals surface area contributed by atoms with Crippen LogP contribution in [-0.2, 0) is 14.8 Å². The Bertz CT molecular complexity index is 898. The molecule has 158 valence electrons. The Hall–Kier alpha value is -2.74. The van der Waals surface area contributed by atoms with Gasteiger partial charge in [0, 0.05) is 13.0 Å². The second kappa shape index (κ2) is 10.7. The fourth-order valence-electron chi connectivity index (χ4n) is 2.81. The predicted molar refractivity (Wildman–Crippen MR) is 115 cm³/mol. The number of anilines is 2. The van der Waals surface area contributed by atoms with Crippen molar-refractivity contribution >= 4 is 27.3 Å². The summed E-state index contributed by atoms with van der Waals surface area (Å²) in [5.74, 6) is 1.09. The van der Waals surface area contributed by atoms with Crippen molar-refractivity contribution in [2.75, 3.05) is 35.6 Å². The Morgan fingerprint density at radius 2 is 1.66 bits per heavy atom. The second-order valence-corrected chi connectivity index (χ2v) is 8.25. The molecule has 2 aromatic carbocycles. The highest BCUT2D eigenvalue weighted by Crippen LogP contribution is 2.25. The van der Waals surface area contributed by atoms with E-state index in [1.807, 2.05) is 26.0 Å². The number of carbonyl (C=O) groups is 1. The van der Waals surface area contributed by atoms with Crippen LogP contribution in [0.15, 0.2) is 48.5 Å². The van der Waals surface area contributed by atoms with Gasteiger partial charge >= 0.3 is 0 Å². The molecule has 1 amide bonds. The zero-order chi connectivity index (χ0) is 21.3. The molecule has 0 fully saturated rings. The fraction of sp³-hybridized carbons (Fsp3) is 0.381. The molecule has 0 atom stereocenters. The van der Waals surface area contributed by atoms with Crippen molar-refractivity contribution in [3.8, 4) is 11.5 Å². The predicted octanol–water partition coefficient (Wildman–Crippen LogP) is 3.67. The number of benzene rings is 2. The third-order valence-corrected chi connectivity index (χ3v) is 5.26. The van der Waals surface area contributed by atoms with Gasteiger partial charge in [-0.3, -0.25) is 9.10 Å². The molecule has 2 aromatic rings. The number of ether oxygens (including phenoxy) is 2. The Balaban J connectivity index is 1.97. The second-order valence-electron chi connectivity index (χ2n) is 6.34. The van der Waals surface area contributed by atoms with Crippen LogP contribution in [0.3, 0.4) is 0 Å². The molecule has 0 unspecified atom stereocenters. The summed E-state index contributed by atoms with van der Waals surface area (Å²) in [6.45, 7) is 5.00. The Morgan fingerprint density at radius 3 is 2.28 bits per heavy atom. The molecular weight excluding hydrogens is 392 g/mol. The number of amides is 1. The molecule has 0 aliphatic rings. The van der Waals surface area contributed by atoms with Crippen LogP contribution in [0, 0.1) is 0 Å². The minimum absolute atomic E-state index is 0.184. The topological polar surface area (TPSA) is 84.9 Å². The third-order valence-electron chi connectivity index (χ3n) is 4.06. The molecule has 0 aliphatic heterocycles. The van der Waals surface area contributed by atoms with Gasteiger partial charge in [0.2, 0.25) is 15.9 Å². The van der Waals surface area contributed by atoms with E-state index in [9.17, 15) is 13.2 Å². The highest BCUT2D eigenvalue weighted by molar-refractivity contribution is 7.92. The van der Waals surface area contributed by atoms with Crippen molar-refractivity contribution in [3.05, 3.63) is 48.5 Å². The molecule has 0 spiro atoms. The lowest BCUT2D eigenvalue weighted by atomic mass is 10.2. The lowest BCUT2D eigenvalue weighted by molar-refractivity contribution is -0.116. The van der Waals surface area contributed by atoms with Crippen LogP contribution in [-0.4, -0.2) is 40.3 Å². The number of nitrogens with one attached hydrogen (secondary N) is 1. The molecular formula is C21H28N2O5S. The highest BCUT2D eigenvalue weighted by atomic mass is 32.2. The number of rotatable bonds is 11. The van der Waals surface area contributed by atoms with Gasteiger partial charge in [-0.2, -0.15) is 0 Å². The smallest absolute Gasteiger partial charge is 0.232 e. The van der Waals surface area contributed by atoms with Crippen molar-refractivity contribution in [1.29, 1.82) is 0 Å². The molecule has 0 saturated heterocycles. The SMILES string of the molecule is CCOc1ccc(N(CCCC(=O)Nc2ccccc2OCC)S(C)(=O)=O)cc1. The minimum atomic E-state index is -3.47. The van der Waals surface area contributed by atoms with Gasteiger partial charge in [0.25, 0.3) is 0 Å². The van der Waals surface area contributed by atoms with Crippen LogP contribution < -0.4 is 19.1 Å². The summed E-state index contributed by atoms with van der Waals surface area (Å²) < 4.78 is 36.6. The monoisotopic (exact) mass is 420 g/mol. The number of hydrogen-bond acceptors (Lipinski definition) is 5. The molecule has 1 N–H and O–H groups in total. The molecule has 8 heteroatoms. The standard InChI is InChI=1S/C21H28N2O5S/c1-4-27-18-14-12-17(13-15-18)23(29(3,25)26)16-8-11-21(24)22-19-9-6-7-10-20(19)28-5-2/h6-7,9-10,12-15H,4-5,8,11,16H2,1-3H3,(H,22,24). The first-order chi connectivity index (χ1) is 13.8. The van der Waals surface area contributed by atoms with Crippen LogP contribution in [0.25, 0.3) is 0 Å². The van der Waals surface area contributed by atoms with Crippen molar-refractivity contribution in [2.24, 2.45) is 0 Å². The highest BCUT2D eigenvalue weighted by Gasteiger charge is 2.18. The van der Waals surface area contributed by atoms with E-state index in [0.717, 1.165) is 6.26 Å². The van der Waals surface area contributed by atoms with Crippen molar-refractivity contribution in [3.63, 3.8) is 0 Å². The Labute approximate surface area is 172 Å². The number of nitrogens with zero attached hydrogens (tertiary/aromatic N) is 1. The largest absolute Gasteiger partial charge is 0.494 e. The molecule has 0 bridgehead atoms. The lowest BCUT2D eigenvalue weighted by Gasteiger charge is -2.22. The van der Waals surface area contributed by atoms with E-state index in [4.69, 9.17) is 9.47 Å². The number of para-hydroxylation sites is 2. The summed E-state index contributed by atoms with van der Waals surface area (Å²) in [5, 5.41) is 2.82. The van der Waals surface area contributed by atoms with E-state index in [1.165, 1.54) is 4.31 Å². The van der Waals surface area contributed by atoms with Gasteiger partial charge in [-0.05, 0) is 56.7 Å². The summed E-state index contributed by atoms with van der Waals surface area (Å²) in [6.07, 6.45) is 1.72. The van der Waals surface area contributed by atoms with Crippen LogP contribution in [0.1, 0.15) is 26.7 Å². The van der Waals surface area contributed by atoms with Gasteiger partial charge in [-0.1, -0.05) is 12.1 Å². The van der Waals surface area contributed by atoms with E-state index >= 15 is 0 Å². The summed E-state index contributed by atoms with van der Waals surface area (Å²) >= 11 is 0. The van der Waals surface area contributed by atoms with Crippen LogP contribution in [0.4, 0.5) is 11.4 Å². The molecule has 2 rings (SSSR count). The Kier molecular flexibility index (Phi) is 8.33. The minimum Gasteiger partial charge on any atom is -0.494 e. The zero-order valence-electron chi connectivity index (χ0n) is 17.1. The van der Waals surface area contributed by atoms with Gasteiger partial charge in [0.1, 0.15) is 11.5 Å². The number of hydrogen-bond donors (Lipinski definition) is 1. The first-order valence-corrected chi connectivity index (χ1v) is 11.4. The number of carbonyl (C=O) groups excluding carboxylic acids is 1. The zero-order valence-corrected chi connectivity index (χ0v) is 17.9. The van der Waals surface area contributed by atoms with E-state index in [0.29, 0.717) is 42.5 Å². The molecule has 7 nitrogen and oxygen atoms in total. The Morgan fingerprint density at radius 1 is 1.00 bits per heavy atom. The molecule has 0 radical (unpaired) electrons. The average Bonchev–Trinajstić information content (AvgIpc) is 2.67. The van der Waals surface area contributed by atoms with E-state index < -0.39 is 10.0 Å².